The van der Waals surface area contributed by atoms with E-state index in [9.17, 15) is 2.74 Å². The summed E-state index contributed by atoms with van der Waals surface area (Å²) in [5, 5.41) is 5.42. The molecule has 0 aliphatic carbocycles. The maximum Gasteiger partial charge on any atom is 0.0636 e. The van der Waals surface area contributed by atoms with Crippen molar-refractivity contribution >= 4 is 64.6 Å². The average molecular weight is 440 g/mol. The lowest BCUT2D eigenvalue weighted by molar-refractivity contribution is 1.73. The third-order valence-corrected chi connectivity index (χ3v) is 6.69. The van der Waals surface area contributed by atoms with Crippen molar-refractivity contribution < 1.29 is 15.1 Å². The Morgan fingerprint density at radius 3 is 1.82 bits per heavy atom. The maximum atomic E-state index is 9.29. The first-order valence-electron chi connectivity index (χ1n) is 16.5. The quantitative estimate of drug-likeness (QED) is 0.176. The van der Waals surface area contributed by atoms with E-state index < -0.39 is 66.5 Å². The normalized spacial score (nSPS) is 16.6. The largest absolute Gasteiger partial charge is 0.0636 e. The van der Waals surface area contributed by atoms with Gasteiger partial charge in [0.25, 0.3) is 0 Å². The smallest absolute Gasteiger partial charge is 0.0616 e. The van der Waals surface area contributed by atoms with Gasteiger partial charge in [-0.1, -0.05) is 103 Å². The molecule has 8 aromatic rings. The molecule has 0 amide bonds. The second-order valence-corrected chi connectivity index (χ2v) is 8.51. The molecule has 0 nitrogen and oxygen atoms in total. The standard InChI is InChI=1S/C34H20/c1-3-10-28-21(6-1)16-17-30-31(28)20-24-7-2-4-11-29(24)34(30)27-18-25-14-12-22-8-5-9-23-13-15-26(19-27)33(25)32(22)23/h1-20H/i1D,2D,3D,4D,6D,7D,10D,11D,16D,17D,20D. The van der Waals surface area contributed by atoms with Gasteiger partial charge in [0, 0.05) is 0 Å². The van der Waals surface area contributed by atoms with E-state index in [1.807, 2.05) is 54.6 Å². The Morgan fingerprint density at radius 2 is 1.06 bits per heavy atom. The van der Waals surface area contributed by atoms with Crippen molar-refractivity contribution in [1.29, 1.82) is 0 Å². The van der Waals surface area contributed by atoms with E-state index >= 15 is 0 Å². The molecule has 0 heteroatoms. The molecule has 0 bridgehead atoms. The van der Waals surface area contributed by atoms with Crippen molar-refractivity contribution in [2.75, 3.05) is 0 Å². The van der Waals surface area contributed by atoms with Gasteiger partial charge in [0.05, 0.1) is 15.1 Å². The maximum absolute atomic E-state index is 9.29. The van der Waals surface area contributed by atoms with Gasteiger partial charge in [-0.2, -0.15) is 0 Å². The lowest BCUT2D eigenvalue weighted by Gasteiger charge is -2.16. The first kappa shape index (κ1) is 10.7. The highest BCUT2D eigenvalue weighted by atomic mass is 14.2. The Morgan fingerprint density at radius 1 is 0.441 bits per heavy atom. The molecule has 0 aliphatic rings. The Hall–Kier alpha value is -4.42. The third-order valence-electron chi connectivity index (χ3n) is 6.69. The predicted octanol–water partition coefficient (Wildman–Crippen LogP) is 9.71. The number of hydrogen-bond donors (Lipinski definition) is 0. The van der Waals surface area contributed by atoms with Crippen LogP contribution in [0.15, 0.2) is 121 Å². The minimum atomic E-state index is -0.568. The van der Waals surface area contributed by atoms with Gasteiger partial charge >= 0.3 is 0 Å². The van der Waals surface area contributed by atoms with Crippen LogP contribution in [0.1, 0.15) is 15.1 Å². The van der Waals surface area contributed by atoms with E-state index in [-0.39, 0.29) is 37.9 Å². The van der Waals surface area contributed by atoms with E-state index in [4.69, 9.17) is 12.3 Å². The van der Waals surface area contributed by atoms with Gasteiger partial charge in [-0.3, -0.25) is 0 Å². The van der Waals surface area contributed by atoms with Crippen LogP contribution in [-0.2, 0) is 0 Å². The van der Waals surface area contributed by atoms with Gasteiger partial charge in [-0.25, -0.2) is 0 Å². The van der Waals surface area contributed by atoms with Gasteiger partial charge in [0.2, 0.25) is 0 Å². The lowest BCUT2D eigenvalue weighted by atomic mass is 9.87. The fraction of sp³-hybridized carbons (Fsp3) is 0. The molecule has 8 rings (SSSR count). The summed E-state index contributed by atoms with van der Waals surface area (Å²) < 4.78 is 96.1. The molecule has 0 saturated heterocycles. The second kappa shape index (κ2) is 6.56. The Kier molecular flexibility index (Phi) is 2.06. The van der Waals surface area contributed by atoms with E-state index in [2.05, 4.69) is 0 Å². The van der Waals surface area contributed by atoms with Gasteiger partial charge in [-0.05, 0) is 93.9 Å². The number of hydrogen-bond acceptors (Lipinski definition) is 0. The number of benzene rings is 8. The molecular formula is C34H20. The van der Waals surface area contributed by atoms with Crippen molar-refractivity contribution in [2.24, 2.45) is 0 Å². The Labute approximate surface area is 212 Å². The van der Waals surface area contributed by atoms with E-state index in [0.29, 0.717) is 5.56 Å². The van der Waals surface area contributed by atoms with Crippen molar-refractivity contribution in [3.63, 3.8) is 0 Å². The van der Waals surface area contributed by atoms with Gasteiger partial charge in [-0.15, -0.1) is 0 Å². The van der Waals surface area contributed by atoms with Crippen LogP contribution in [0, 0.1) is 0 Å². The molecule has 0 radical (unpaired) electrons. The molecule has 0 spiro atoms. The molecule has 0 aromatic heterocycles. The topological polar surface area (TPSA) is 0 Å². The number of fused-ring (bicyclic) bond motifs is 4. The minimum absolute atomic E-state index is 0.0133. The molecule has 34 heavy (non-hydrogen) atoms. The molecule has 0 saturated carbocycles. The fourth-order valence-corrected chi connectivity index (χ4v) is 5.25. The monoisotopic (exact) mass is 439 g/mol. The molecule has 156 valence electrons. The highest BCUT2D eigenvalue weighted by Crippen LogP contribution is 2.42. The SMILES string of the molecule is [2H]c1c([2H])c([2H])c2c([2H])c3c(c([2H])c([2H])c4c([2H])c([2H])c([2H])c([2H])c43)c(-c3cc4ccc5cccc6ccc(c3)c4c56)c2c1[2H]. The summed E-state index contributed by atoms with van der Waals surface area (Å²) in [6.07, 6.45) is 0. The predicted molar refractivity (Wildman–Crippen MR) is 148 cm³/mol. The van der Waals surface area contributed by atoms with E-state index in [1.165, 1.54) is 0 Å². The van der Waals surface area contributed by atoms with Crippen molar-refractivity contribution in [3.05, 3.63) is 121 Å². The summed E-state index contributed by atoms with van der Waals surface area (Å²) in [6, 6.07) is 12.5. The summed E-state index contributed by atoms with van der Waals surface area (Å²) in [4.78, 5) is 0. The van der Waals surface area contributed by atoms with Crippen LogP contribution >= 0.6 is 0 Å². The van der Waals surface area contributed by atoms with Crippen LogP contribution in [0.4, 0.5) is 0 Å². The molecule has 8 aromatic carbocycles. The highest BCUT2D eigenvalue weighted by Gasteiger charge is 2.15. The van der Waals surface area contributed by atoms with Gasteiger partial charge in [0.1, 0.15) is 0 Å². The molecule has 0 unspecified atom stereocenters. The van der Waals surface area contributed by atoms with Crippen molar-refractivity contribution in [3.8, 4) is 11.1 Å². The summed E-state index contributed by atoms with van der Waals surface area (Å²) in [7, 11) is 0. The Bertz CT molecular complexity index is 2600. The molecular weight excluding hydrogens is 408 g/mol. The zero-order valence-corrected chi connectivity index (χ0v) is 17.7. The second-order valence-electron chi connectivity index (χ2n) is 8.51. The molecule has 0 atom stereocenters. The summed E-state index contributed by atoms with van der Waals surface area (Å²) in [6.45, 7) is 0. The molecule has 0 heterocycles. The summed E-state index contributed by atoms with van der Waals surface area (Å²) in [5.41, 5.74) is 0.704. The van der Waals surface area contributed by atoms with Crippen molar-refractivity contribution in [1.82, 2.24) is 0 Å². The van der Waals surface area contributed by atoms with Crippen LogP contribution in [0.25, 0.3) is 75.8 Å². The van der Waals surface area contributed by atoms with Gasteiger partial charge < -0.3 is 0 Å². The first-order chi connectivity index (χ1) is 21.4. The minimum Gasteiger partial charge on any atom is -0.0616 e. The zero-order chi connectivity index (χ0) is 31.8. The van der Waals surface area contributed by atoms with Crippen LogP contribution in [0.5, 0.6) is 0 Å². The lowest BCUT2D eigenvalue weighted by Crippen LogP contribution is -1.89. The van der Waals surface area contributed by atoms with Crippen LogP contribution in [0.2, 0.25) is 0 Å². The van der Waals surface area contributed by atoms with Crippen molar-refractivity contribution in [2.45, 2.75) is 0 Å². The van der Waals surface area contributed by atoms with E-state index in [1.54, 1.807) is 0 Å². The number of rotatable bonds is 1. The highest BCUT2D eigenvalue weighted by molar-refractivity contribution is 6.25. The molecule has 0 N–H and O–H groups in total. The van der Waals surface area contributed by atoms with Crippen LogP contribution < -0.4 is 0 Å². The summed E-state index contributed by atoms with van der Waals surface area (Å²) >= 11 is 0. The molecule has 0 aliphatic heterocycles. The zero-order valence-electron chi connectivity index (χ0n) is 28.7. The van der Waals surface area contributed by atoms with E-state index in [0.717, 1.165) is 32.3 Å². The average Bonchev–Trinajstić information content (AvgIpc) is 3.04. The molecule has 0 fully saturated rings. The van der Waals surface area contributed by atoms with Crippen LogP contribution in [0.3, 0.4) is 0 Å². The Balaban J connectivity index is 1.70. The first-order valence-corrected chi connectivity index (χ1v) is 11.0. The van der Waals surface area contributed by atoms with Crippen LogP contribution in [-0.4, -0.2) is 0 Å². The third kappa shape index (κ3) is 2.37. The van der Waals surface area contributed by atoms with Gasteiger partial charge in [0.15, 0.2) is 0 Å². The fourth-order valence-electron chi connectivity index (χ4n) is 5.25. The summed E-state index contributed by atoms with van der Waals surface area (Å²) in [5.74, 6) is 0.